The van der Waals surface area contributed by atoms with Crippen molar-refractivity contribution in [3.63, 3.8) is 0 Å². The van der Waals surface area contributed by atoms with Crippen molar-refractivity contribution in [3.05, 3.63) is 23.5 Å². The number of halogens is 1. The van der Waals surface area contributed by atoms with E-state index in [2.05, 4.69) is 15.6 Å². The summed E-state index contributed by atoms with van der Waals surface area (Å²) in [6, 6.07) is 1.66. The molecular formula is C12H16ClN3O. The molecule has 17 heavy (non-hydrogen) atoms. The van der Waals surface area contributed by atoms with Crippen molar-refractivity contribution in [1.29, 1.82) is 0 Å². The largest absolute Gasteiger partial charge is 0.324 e. The summed E-state index contributed by atoms with van der Waals surface area (Å²) in [5.74, 6) is 0.636. The second kappa shape index (κ2) is 5.98. The predicted octanol–water partition coefficient (Wildman–Crippen LogP) is 2.06. The minimum absolute atomic E-state index is 0.00630. The number of anilines is 1. The molecule has 1 aromatic heterocycles. The van der Waals surface area contributed by atoms with Gasteiger partial charge >= 0.3 is 0 Å². The van der Waals surface area contributed by atoms with Gasteiger partial charge in [-0.15, -0.1) is 0 Å². The average Bonchev–Trinajstić information content (AvgIpc) is 2.82. The summed E-state index contributed by atoms with van der Waals surface area (Å²) in [6.45, 7) is 2.10. The Balaban J connectivity index is 1.79. The molecule has 1 fully saturated rings. The van der Waals surface area contributed by atoms with Gasteiger partial charge in [-0.05, 0) is 37.9 Å². The maximum atomic E-state index is 11.7. The van der Waals surface area contributed by atoms with Crippen LogP contribution in [0.1, 0.15) is 19.3 Å². The minimum atomic E-state index is 0.00630. The maximum Gasteiger partial charge on any atom is 0.224 e. The van der Waals surface area contributed by atoms with E-state index in [0.29, 0.717) is 23.0 Å². The van der Waals surface area contributed by atoms with Crippen LogP contribution in [0.4, 0.5) is 5.69 Å². The Hall–Kier alpha value is -1.13. The normalized spacial score (nSPS) is 19.2. The summed E-state index contributed by atoms with van der Waals surface area (Å²) in [7, 11) is 0. The van der Waals surface area contributed by atoms with Gasteiger partial charge in [0.1, 0.15) is 0 Å². The summed E-state index contributed by atoms with van der Waals surface area (Å²) in [4.78, 5) is 15.6. The molecule has 1 aliphatic rings. The zero-order chi connectivity index (χ0) is 12.1. The molecule has 2 rings (SSSR count). The Morgan fingerprint density at radius 1 is 1.65 bits per heavy atom. The van der Waals surface area contributed by atoms with E-state index in [1.807, 2.05) is 0 Å². The minimum Gasteiger partial charge on any atom is -0.324 e. The molecule has 5 heteroatoms. The first-order valence-corrected chi connectivity index (χ1v) is 6.23. The van der Waals surface area contributed by atoms with E-state index in [-0.39, 0.29) is 5.91 Å². The van der Waals surface area contributed by atoms with E-state index >= 15 is 0 Å². The van der Waals surface area contributed by atoms with Crippen molar-refractivity contribution >= 4 is 23.2 Å². The van der Waals surface area contributed by atoms with Crippen LogP contribution >= 0.6 is 11.6 Å². The van der Waals surface area contributed by atoms with Crippen LogP contribution in [0, 0.1) is 5.92 Å². The molecule has 2 heterocycles. The molecule has 0 saturated carbocycles. The highest BCUT2D eigenvalue weighted by molar-refractivity contribution is 6.33. The van der Waals surface area contributed by atoms with Gasteiger partial charge in [-0.1, -0.05) is 11.6 Å². The smallest absolute Gasteiger partial charge is 0.224 e. The van der Waals surface area contributed by atoms with Crippen LogP contribution < -0.4 is 10.6 Å². The number of carbonyl (C=O) groups excluding carboxylic acids is 1. The Bertz CT molecular complexity index is 391. The predicted molar refractivity (Wildman–Crippen MR) is 68.1 cm³/mol. The van der Waals surface area contributed by atoms with E-state index in [0.717, 1.165) is 19.5 Å². The number of rotatable bonds is 4. The van der Waals surface area contributed by atoms with Gasteiger partial charge < -0.3 is 10.6 Å². The van der Waals surface area contributed by atoms with Crippen molar-refractivity contribution in [2.45, 2.75) is 19.3 Å². The Labute approximate surface area is 106 Å². The lowest BCUT2D eigenvalue weighted by Gasteiger charge is -2.09. The molecule has 92 valence electrons. The van der Waals surface area contributed by atoms with Crippen molar-refractivity contribution in [2.24, 2.45) is 5.92 Å². The lowest BCUT2D eigenvalue weighted by atomic mass is 10.0. The van der Waals surface area contributed by atoms with Gasteiger partial charge in [0, 0.05) is 12.6 Å². The lowest BCUT2D eigenvalue weighted by Crippen LogP contribution is -2.15. The molecule has 0 aliphatic carbocycles. The lowest BCUT2D eigenvalue weighted by molar-refractivity contribution is -0.116. The van der Waals surface area contributed by atoms with Crippen molar-refractivity contribution in [1.82, 2.24) is 10.3 Å². The molecule has 4 nitrogen and oxygen atoms in total. The second-order valence-corrected chi connectivity index (χ2v) is 4.71. The molecular weight excluding hydrogens is 238 g/mol. The molecule has 0 bridgehead atoms. The zero-order valence-electron chi connectivity index (χ0n) is 9.58. The van der Waals surface area contributed by atoms with Gasteiger partial charge in [0.05, 0.1) is 16.9 Å². The van der Waals surface area contributed by atoms with E-state index in [4.69, 9.17) is 11.6 Å². The number of hydrogen-bond donors (Lipinski definition) is 2. The molecule has 1 amide bonds. The number of aromatic nitrogens is 1. The van der Waals surface area contributed by atoms with Crippen LogP contribution in [-0.4, -0.2) is 24.0 Å². The Morgan fingerprint density at radius 3 is 3.24 bits per heavy atom. The fraction of sp³-hybridized carbons (Fsp3) is 0.500. The highest BCUT2D eigenvalue weighted by atomic mass is 35.5. The van der Waals surface area contributed by atoms with Crippen LogP contribution in [0.25, 0.3) is 0 Å². The number of carbonyl (C=O) groups is 1. The van der Waals surface area contributed by atoms with Crippen LogP contribution in [0.3, 0.4) is 0 Å². The van der Waals surface area contributed by atoms with Crippen LogP contribution in [0.15, 0.2) is 18.5 Å². The molecule has 1 aromatic rings. The molecule has 0 aromatic carbocycles. The Kier molecular flexibility index (Phi) is 4.34. The monoisotopic (exact) mass is 253 g/mol. The fourth-order valence-electron chi connectivity index (χ4n) is 1.98. The average molecular weight is 254 g/mol. The molecule has 1 saturated heterocycles. The highest BCUT2D eigenvalue weighted by Crippen LogP contribution is 2.20. The molecule has 1 aliphatic heterocycles. The number of nitrogens with zero attached hydrogens (tertiary/aromatic N) is 1. The molecule has 0 spiro atoms. The molecule has 2 N–H and O–H groups in total. The SMILES string of the molecule is O=C(CCC1CCNC1)Nc1cnccc1Cl. The number of amides is 1. The van der Waals surface area contributed by atoms with Crippen molar-refractivity contribution in [3.8, 4) is 0 Å². The number of pyridine rings is 1. The highest BCUT2D eigenvalue weighted by Gasteiger charge is 2.15. The van der Waals surface area contributed by atoms with Crippen LogP contribution in [0.5, 0.6) is 0 Å². The second-order valence-electron chi connectivity index (χ2n) is 4.30. The van der Waals surface area contributed by atoms with E-state index in [9.17, 15) is 4.79 Å². The van der Waals surface area contributed by atoms with Gasteiger partial charge in [0.25, 0.3) is 0 Å². The van der Waals surface area contributed by atoms with E-state index < -0.39 is 0 Å². The first-order valence-electron chi connectivity index (χ1n) is 5.86. The number of nitrogens with one attached hydrogen (secondary N) is 2. The molecule has 1 atom stereocenters. The zero-order valence-corrected chi connectivity index (χ0v) is 10.3. The van der Waals surface area contributed by atoms with E-state index in [1.54, 1.807) is 18.5 Å². The quantitative estimate of drug-likeness (QED) is 0.864. The maximum absolute atomic E-state index is 11.7. The third-order valence-electron chi connectivity index (χ3n) is 2.98. The van der Waals surface area contributed by atoms with Gasteiger partial charge in [0.15, 0.2) is 0 Å². The summed E-state index contributed by atoms with van der Waals surface area (Å²) < 4.78 is 0. The topological polar surface area (TPSA) is 54.0 Å². The third kappa shape index (κ3) is 3.68. The summed E-state index contributed by atoms with van der Waals surface area (Å²) >= 11 is 5.93. The third-order valence-corrected chi connectivity index (χ3v) is 3.31. The fourth-order valence-corrected chi connectivity index (χ4v) is 2.13. The molecule has 1 unspecified atom stereocenters. The van der Waals surface area contributed by atoms with Crippen molar-refractivity contribution < 1.29 is 4.79 Å². The van der Waals surface area contributed by atoms with Gasteiger partial charge in [-0.3, -0.25) is 9.78 Å². The van der Waals surface area contributed by atoms with Crippen LogP contribution in [0.2, 0.25) is 5.02 Å². The molecule has 0 radical (unpaired) electrons. The van der Waals surface area contributed by atoms with Gasteiger partial charge in [0.2, 0.25) is 5.91 Å². The standard InChI is InChI=1S/C12H16ClN3O/c13-10-4-6-15-8-11(10)16-12(17)2-1-9-3-5-14-7-9/h4,6,8-9,14H,1-3,5,7H2,(H,16,17). The summed E-state index contributed by atoms with van der Waals surface area (Å²) in [6.07, 6.45) is 5.80. The number of hydrogen-bond acceptors (Lipinski definition) is 3. The van der Waals surface area contributed by atoms with Gasteiger partial charge in [-0.2, -0.15) is 0 Å². The summed E-state index contributed by atoms with van der Waals surface area (Å²) in [5, 5.41) is 6.60. The Morgan fingerprint density at radius 2 is 2.53 bits per heavy atom. The first-order chi connectivity index (χ1) is 8.25. The van der Waals surface area contributed by atoms with Crippen LogP contribution in [-0.2, 0) is 4.79 Å². The van der Waals surface area contributed by atoms with E-state index in [1.165, 1.54) is 6.42 Å². The van der Waals surface area contributed by atoms with Gasteiger partial charge in [-0.25, -0.2) is 0 Å². The first kappa shape index (κ1) is 12.3. The summed E-state index contributed by atoms with van der Waals surface area (Å²) in [5.41, 5.74) is 0.587. The van der Waals surface area contributed by atoms with Crippen molar-refractivity contribution in [2.75, 3.05) is 18.4 Å².